The van der Waals surface area contributed by atoms with E-state index < -0.39 is 0 Å². The van der Waals surface area contributed by atoms with Crippen molar-refractivity contribution in [3.63, 3.8) is 0 Å². The molecular formula is C20H35IN4O2. The third kappa shape index (κ3) is 8.55. The van der Waals surface area contributed by atoms with E-state index >= 15 is 0 Å². The Morgan fingerprint density at radius 2 is 1.89 bits per heavy atom. The van der Waals surface area contributed by atoms with Gasteiger partial charge in [-0.15, -0.1) is 24.0 Å². The van der Waals surface area contributed by atoms with Crippen molar-refractivity contribution in [3.8, 4) is 11.5 Å². The Bertz CT molecular complexity index is 575. The van der Waals surface area contributed by atoms with Gasteiger partial charge >= 0.3 is 0 Å². The van der Waals surface area contributed by atoms with E-state index in [0.29, 0.717) is 18.3 Å². The molecule has 7 heteroatoms. The van der Waals surface area contributed by atoms with E-state index in [4.69, 9.17) is 15.2 Å². The van der Waals surface area contributed by atoms with Crippen LogP contribution in [0.2, 0.25) is 0 Å². The molecule has 1 aliphatic heterocycles. The molecule has 0 radical (unpaired) electrons. The Labute approximate surface area is 180 Å². The molecule has 1 fully saturated rings. The smallest absolute Gasteiger partial charge is 0.188 e. The van der Waals surface area contributed by atoms with Gasteiger partial charge in [-0.1, -0.05) is 13.0 Å². The summed E-state index contributed by atoms with van der Waals surface area (Å²) in [6.45, 7) is 7.44. The number of rotatable bonds is 9. The lowest BCUT2D eigenvalue weighted by Gasteiger charge is -2.30. The summed E-state index contributed by atoms with van der Waals surface area (Å²) in [6, 6.07) is 5.78. The highest BCUT2D eigenvalue weighted by molar-refractivity contribution is 14.0. The van der Waals surface area contributed by atoms with Crippen LogP contribution in [0.25, 0.3) is 0 Å². The number of methoxy groups -OCH3 is 2. The average Bonchev–Trinajstić information content (AvgIpc) is 2.67. The number of hydrogen-bond donors (Lipinski definition) is 2. The minimum atomic E-state index is 0. The third-order valence-electron chi connectivity index (χ3n) is 4.96. The molecule has 0 unspecified atom stereocenters. The largest absolute Gasteiger partial charge is 0.493 e. The monoisotopic (exact) mass is 490 g/mol. The van der Waals surface area contributed by atoms with Crippen LogP contribution in [-0.4, -0.2) is 51.3 Å². The molecule has 0 bridgehead atoms. The Balaban J connectivity index is 0.00000364. The van der Waals surface area contributed by atoms with Gasteiger partial charge in [0.1, 0.15) is 0 Å². The molecule has 0 amide bonds. The number of nitrogens with two attached hydrogens (primary N) is 1. The fourth-order valence-corrected chi connectivity index (χ4v) is 3.17. The zero-order valence-corrected chi connectivity index (χ0v) is 19.2. The van der Waals surface area contributed by atoms with Gasteiger partial charge in [0.15, 0.2) is 17.5 Å². The molecule has 0 aromatic heterocycles. The van der Waals surface area contributed by atoms with Crippen LogP contribution in [-0.2, 0) is 6.54 Å². The van der Waals surface area contributed by atoms with E-state index in [1.54, 1.807) is 14.2 Å². The first-order chi connectivity index (χ1) is 12.6. The average molecular weight is 490 g/mol. The van der Waals surface area contributed by atoms with Gasteiger partial charge in [-0.25, -0.2) is 4.99 Å². The molecule has 1 aliphatic rings. The maximum atomic E-state index is 5.96. The summed E-state index contributed by atoms with van der Waals surface area (Å²) in [4.78, 5) is 6.98. The summed E-state index contributed by atoms with van der Waals surface area (Å²) in [7, 11) is 3.26. The molecule has 0 spiro atoms. The fraction of sp³-hybridized carbons (Fsp3) is 0.650. The van der Waals surface area contributed by atoms with Crippen LogP contribution in [0.15, 0.2) is 23.2 Å². The van der Waals surface area contributed by atoms with Gasteiger partial charge in [-0.2, -0.15) is 0 Å². The van der Waals surface area contributed by atoms with Crippen molar-refractivity contribution in [2.45, 2.75) is 39.2 Å². The van der Waals surface area contributed by atoms with Crippen molar-refractivity contribution in [1.29, 1.82) is 0 Å². The summed E-state index contributed by atoms with van der Waals surface area (Å²) in [5.41, 5.74) is 7.00. The highest BCUT2D eigenvalue weighted by Gasteiger charge is 2.14. The lowest BCUT2D eigenvalue weighted by Crippen LogP contribution is -2.35. The molecule has 0 saturated carbocycles. The second kappa shape index (κ2) is 13.0. The van der Waals surface area contributed by atoms with Crippen molar-refractivity contribution < 1.29 is 9.47 Å². The van der Waals surface area contributed by atoms with Crippen LogP contribution in [0.5, 0.6) is 11.5 Å². The van der Waals surface area contributed by atoms with Crippen LogP contribution in [0.1, 0.15) is 38.2 Å². The van der Waals surface area contributed by atoms with Crippen LogP contribution in [0.3, 0.4) is 0 Å². The van der Waals surface area contributed by atoms with E-state index in [1.807, 2.05) is 18.2 Å². The predicted molar refractivity (Wildman–Crippen MR) is 122 cm³/mol. The number of ether oxygens (including phenoxy) is 2. The van der Waals surface area contributed by atoms with Gasteiger partial charge in [0, 0.05) is 6.54 Å². The zero-order valence-electron chi connectivity index (χ0n) is 16.9. The number of unbranched alkanes of at least 4 members (excludes halogenated alkanes) is 1. The predicted octanol–water partition coefficient (Wildman–Crippen LogP) is 3.24. The highest BCUT2D eigenvalue weighted by atomic mass is 127. The maximum Gasteiger partial charge on any atom is 0.188 e. The summed E-state index contributed by atoms with van der Waals surface area (Å²) < 4.78 is 10.5. The number of piperidine rings is 1. The van der Waals surface area contributed by atoms with Crippen LogP contribution in [0.4, 0.5) is 0 Å². The highest BCUT2D eigenvalue weighted by Crippen LogP contribution is 2.27. The van der Waals surface area contributed by atoms with E-state index in [-0.39, 0.29) is 24.0 Å². The van der Waals surface area contributed by atoms with Crippen molar-refractivity contribution in [2.24, 2.45) is 16.6 Å². The van der Waals surface area contributed by atoms with Crippen molar-refractivity contribution in [3.05, 3.63) is 23.8 Å². The first kappa shape index (κ1) is 23.8. The van der Waals surface area contributed by atoms with Crippen molar-refractivity contribution in [2.75, 3.05) is 40.4 Å². The van der Waals surface area contributed by atoms with Gasteiger partial charge in [0.2, 0.25) is 0 Å². The van der Waals surface area contributed by atoms with Gasteiger partial charge < -0.3 is 25.4 Å². The van der Waals surface area contributed by atoms with Gasteiger partial charge in [0.05, 0.1) is 20.8 Å². The van der Waals surface area contributed by atoms with Crippen LogP contribution in [0, 0.1) is 5.92 Å². The number of halogens is 1. The number of nitrogens with zero attached hydrogens (tertiary/aromatic N) is 2. The first-order valence-electron chi connectivity index (χ1n) is 9.59. The Morgan fingerprint density at radius 1 is 1.19 bits per heavy atom. The maximum absolute atomic E-state index is 5.96. The molecule has 1 aromatic carbocycles. The molecule has 1 heterocycles. The topological polar surface area (TPSA) is 72.1 Å². The number of aliphatic imine (C=N–C) groups is 1. The minimum Gasteiger partial charge on any atom is -0.493 e. The lowest BCUT2D eigenvalue weighted by molar-refractivity contribution is 0.189. The quantitative estimate of drug-likeness (QED) is 0.241. The number of guanidine groups is 1. The van der Waals surface area contributed by atoms with Crippen LogP contribution >= 0.6 is 24.0 Å². The second-order valence-corrected chi connectivity index (χ2v) is 7.05. The van der Waals surface area contributed by atoms with E-state index in [2.05, 4.69) is 22.1 Å². The molecule has 0 aliphatic carbocycles. The first-order valence-corrected chi connectivity index (χ1v) is 9.59. The normalized spacial score (nSPS) is 15.9. The Kier molecular flexibility index (Phi) is 11.5. The number of likely N-dealkylation sites (tertiary alicyclic amines) is 1. The lowest BCUT2D eigenvalue weighted by atomic mass is 9.99. The van der Waals surface area contributed by atoms with Gasteiger partial charge in [-0.3, -0.25) is 0 Å². The fourth-order valence-electron chi connectivity index (χ4n) is 3.17. The van der Waals surface area contributed by atoms with Crippen molar-refractivity contribution >= 4 is 29.9 Å². The van der Waals surface area contributed by atoms with E-state index in [1.165, 1.54) is 38.9 Å². The second-order valence-electron chi connectivity index (χ2n) is 7.05. The molecule has 1 saturated heterocycles. The van der Waals surface area contributed by atoms with E-state index in [9.17, 15) is 0 Å². The zero-order chi connectivity index (χ0) is 18.8. The van der Waals surface area contributed by atoms with Gasteiger partial charge in [0.25, 0.3) is 0 Å². The third-order valence-corrected chi connectivity index (χ3v) is 4.96. The minimum absolute atomic E-state index is 0. The molecular weight excluding hydrogens is 455 g/mol. The summed E-state index contributed by atoms with van der Waals surface area (Å²) in [5, 5.41) is 3.20. The molecule has 27 heavy (non-hydrogen) atoms. The summed E-state index contributed by atoms with van der Waals surface area (Å²) in [5.74, 6) is 2.81. The van der Waals surface area contributed by atoms with Gasteiger partial charge in [-0.05, 0) is 68.9 Å². The number of nitrogens with one attached hydrogen (secondary N) is 1. The molecule has 1 aromatic rings. The summed E-state index contributed by atoms with van der Waals surface area (Å²) in [6.07, 6.45) is 4.99. The molecule has 154 valence electrons. The molecule has 6 nitrogen and oxygen atoms in total. The number of benzene rings is 1. The Morgan fingerprint density at radius 3 is 2.56 bits per heavy atom. The Hall–Kier alpha value is -1.22. The molecule has 3 N–H and O–H groups in total. The van der Waals surface area contributed by atoms with Crippen molar-refractivity contribution in [1.82, 2.24) is 10.2 Å². The standard InChI is InChI=1S/C20H34N4O2.HI/c1-16-8-12-24(13-9-16)11-5-4-10-22-20(21)23-15-17-6-7-18(25-2)19(14-17)26-3;/h6-7,14,16H,4-5,8-13,15H2,1-3H3,(H3,21,22,23);1H. The van der Waals surface area contributed by atoms with E-state index in [0.717, 1.165) is 30.2 Å². The number of hydrogen-bond acceptors (Lipinski definition) is 4. The SMILES string of the molecule is COc1ccc(CN=C(N)NCCCCN2CCC(C)CC2)cc1OC.I. The molecule has 0 atom stereocenters. The molecule has 2 rings (SSSR count). The summed E-state index contributed by atoms with van der Waals surface area (Å²) >= 11 is 0. The van der Waals surface area contributed by atoms with Crippen LogP contribution < -0.4 is 20.5 Å².